The van der Waals surface area contributed by atoms with Gasteiger partial charge in [-0.3, -0.25) is 0 Å². The van der Waals surface area contributed by atoms with Gasteiger partial charge in [0.15, 0.2) is 0 Å². The Labute approximate surface area is 121 Å². The van der Waals surface area contributed by atoms with Crippen LogP contribution in [0.15, 0.2) is 30.3 Å². The van der Waals surface area contributed by atoms with Crippen molar-refractivity contribution in [3.63, 3.8) is 0 Å². The van der Waals surface area contributed by atoms with E-state index in [9.17, 15) is 9.90 Å². The van der Waals surface area contributed by atoms with Gasteiger partial charge >= 0.3 is 5.97 Å². The minimum atomic E-state index is -0.566. The normalized spacial score (nSPS) is 13.2. The zero-order valence-corrected chi connectivity index (χ0v) is 13.2. The molecule has 0 fully saturated rings. The van der Waals surface area contributed by atoms with Gasteiger partial charge in [-0.1, -0.05) is 45.0 Å². The number of hydrogen-bond acceptors (Lipinski definition) is 3. The minimum Gasteiger partial charge on any atom is -0.507 e. The lowest BCUT2D eigenvalue weighted by molar-refractivity contribution is -0.148. The molecule has 0 heterocycles. The van der Waals surface area contributed by atoms with Gasteiger partial charge in [-0.25, -0.2) is 4.79 Å². The first-order valence-electron chi connectivity index (χ1n) is 6.73. The fraction of sp³-hybridized carbons (Fsp3) is 0.471. The number of rotatable bonds is 2. The maximum atomic E-state index is 11.6. The summed E-state index contributed by atoms with van der Waals surface area (Å²) >= 11 is 0. The van der Waals surface area contributed by atoms with Crippen LogP contribution in [-0.2, 0) is 14.9 Å². The Morgan fingerprint density at radius 2 is 1.55 bits per heavy atom. The Kier molecular flexibility index (Phi) is 4.64. The van der Waals surface area contributed by atoms with Crippen LogP contribution in [0.4, 0.5) is 0 Å². The molecule has 3 heteroatoms. The van der Waals surface area contributed by atoms with Gasteiger partial charge in [-0.15, -0.1) is 0 Å². The summed E-state index contributed by atoms with van der Waals surface area (Å²) in [6.45, 7) is 11.7. The fourth-order valence-electron chi connectivity index (χ4n) is 1.67. The molecule has 0 aromatic heterocycles. The summed E-state index contributed by atoms with van der Waals surface area (Å²) in [5, 5.41) is 9.94. The molecule has 0 unspecified atom stereocenters. The van der Waals surface area contributed by atoms with E-state index >= 15 is 0 Å². The van der Waals surface area contributed by atoms with E-state index in [-0.39, 0.29) is 11.2 Å². The average Bonchev–Trinajstić information content (AvgIpc) is 2.25. The van der Waals surface area contributed by atoms with Crippen molar-refractivity contribution in [3.05, 3.63) is 41.5 Å². The lowest BCUT2D eigenvalue weighted by Crippen LogP contribution is -2.22. The number of benzene rings is 1. The third-order valence-electron chi connectivity index (χ3n) is 2.71. The van der Waals surface area contributed by atoms with E-state index < -0.39 is 11.6 Å². The summed E-state index contributed by atoms with van der Waals surface area (Å²) in [5.74, 6) is -0.630. The molecule has 1 N–H and O–H groups in total. The molecule has 110 valence electrons. The van der Waals surface area contributed by atoms with E-state index in [1.807, 2.05) is 12.1 Å². The molecule has 1 aromatic carbocycles. The molecule has 0 saturated heterocycles. The second kappa shape index (κ2) is 5.70. The Balaban J connectivity index is 2.87. The van der Waals surface area contributed by atoms with E-state index in [0.717, 1.165) is 6.08 Å². The second-order valence-electron chi connectivity index (χ2n) is 6.89. The van der Waals surface area contributed by atoms with Crippen LogP contribution in [0.3, 0.4) is 0 Å². The van der Waals surface area contributed by atoms with Crippen LogP contribution in [0.1, 0.15) is 52.7 Å². The summed E-state index contributed by atoms with van der Waals surface area (Å²) in [6, 6.07) is 7.51. The zero-order valence-electron chi connectivity index (χ0n) is 13.2. The van der Waals surface area contributed by atoms with Crippen molar-refractivity contribution in [2.45, 2.75) is 52.6 Å². The highest BCUT2D eigenvalue weighted by Crippen LogP contribution is 2.23. The lowest BCUT2D eigenvalue weighted by Gasteiger charge is -2.19. The van der Waals surface area contributed by atoms with Crippen LogP contribution < -0.4 is 0 Å². The molecule has 0 spiro atoms. The fourth-order valence-corrected chi connectivity index (χ4v) is 1.67. The zero-order chi connectivity index (χ0) is 15.6. The maximum Gasteiger partial charge on any atom is 0.335 e. The number of hydrogen-bond donors (Lipinski definition) is 1. The van der Waals surface area contributed by atoms with Crippen molar-refractivity contribution in [1.29, 1.82) is 0 Å². The van der Waals surface area contributed by atoms with Crippen molar-refractivity contribution in [2.75, 3.05) is 0 Å². The Bertz CT molecular complexity index is 497. The van der Waals surface area contributed by atoms with E-state index in [1.165, 1.54) is 5.56 Å². The third kappa shape index (κ3) is 5.08. The van der Waals surface area contributed by atoms with E-state index in [4.69, 9.17) is 4.74 Å². The predicted octanol–water partition coefficient (Wildman–Crippen LogP) is 4.22. The first kappa shape index (κ1) is 16.3. The van der Waals surface area contributed by atoms with Crippen LogP contribution in [0.25, 0.3) is 5.76 Å². The van der Waals surface area contributed by atoms with Gasteiger partial charge < -0.3 is 9.84 Å². The van der Waals surface area contributed by atoms with E-state index in [1.54, 1.807) is 32.9 Å². The highest BCUT2D eigenvalue weighted by molar-refractivity contribution is 5.89. The number of esters is 1. The average molecular weight is 276 g/mol. The molecule has 3 nitrogen and oxygen atoms in total. The van der Waals surface area contributed by atoms with Crippen LogP contribution in [0, 0.1) is 0 Å². The van der Waals surface area contributed by atoms with Crippen molar-refractivity contribution in [2.24, 2.45) is 0 Å². The Morgan fingerprint density at radius 3 is 1.95 bits per heavy atom. The van der Waals surface area contributed by atoms with Gasteiger partial charge in [0, 0.05) is 5.56 Å². The monoisotopic (exact) mass is 276 g/mol. The highest BCUT2D eigenvalue weighted by atomic mass is 16.6. The van der Waals surface area contributed by atoms with Crippen molar-refractivity contribution in [3.8, 4) is 0 Å². The number of ether oxygens (including phenoxy) is 1. The summed E-state index contributed by atoms with van der Waals surface area (Å²) in [6.07, 6.45) is 1.11. The molecule has 0 aliphatic rings. The number of carbonyl (C=O) groups is 1. The molecule has 0 atom stereocenters. The van der Waals surface area contributed by atoms with Crippen LogP contribution in [0.2, 0.25) is 0 Å². The van der Waals surface area contributed by atoms with E-state index in [0.29, 0.717) is 5.56 Å². The van der Waals surface area contributed by atoms with Crippen molar-refractivity contribution in [1.82, 2.24) is 0 Å². The largest absolute Gasteiger partial charge is 0.507 e. The quantitative estimate of drug-likeness (QED) is 0.499. The van der Waals surface area contributed by atoms with E-state index in [2.05, 4.69) is 20.8 Å². The maximum absolute atomic E-state index is 11.6. The minimum absolute atomic E-state index is 0.0586. The topological polar surface area (TPSA) is 46.5 Å². The Hall–Kier alpha value is -1.77. The molecule has 0 bridgehead atoms. The summed E-state index contributed by atoms with van der Waals surface area (Å²) < 4.78 is 5.13. The summed E-state index contributed by atoms with van der Waals surface area (Å²) in [7, 11) is 0. The standard InChI is InChI=1S/C17H24O3/c1-16(2,3)13-9-7-12(8-10-13)14(18)11-15(19)20-17(4,5)6/h7-11,18H,1-6H3/b14-11-. The number of aliphatic hydroxyl groups is 1. The number of carbonyl (C=O) groups excluding carboxylic acids is 1. The van der Waals surface area contributed by atoms with Gasteiger partial charge in [0.25, 0.3) is 0 Å². The van der Waals surface area contributed by atoms with Crippen LogP contribution in [0.5, 0.6) is 0 Å². The molecule has 0 radical (unpaired) electrons. The summed E-state index contributed by atoms with van der Waals surface area (Å²) in [4.78, 5) is 11.6. The second-order valence-corrected chi connectivity index (χ2v) is 6.89. The molecule has 0 aliphatic carbocycles. The number of aliphatic hydroxyl groups excluding tert-OH is 1. The SMILES string of the molecule is CC(C)(C)OC(=O)/C=C(\O)c1ccc(C(C)(C)C)cc1. The molecule has 1 aromatic rings. The van der Waals surface area contributed by atoms with Gasteiger partial charge in [-0.2, -0.15) is 0 Å². The van der Waals surface area contributed by atoms with Gasteiger partial charge in [0.2, 0.25) is 0 Å². The Morgan fingerprint density at radius 1 is 1.05 bits per heavy atom. The molecule has 0 amide bonds. The van der Waals surface area contributed by atoms with Gasteiger partial charge in [0.05, 0.1) is 6.08 Å². The first-order chi connectivity index (χ1) is 8.99. The molecule has 20 heavy (non-hydrogen) atoms. The summed E-state index contributed by atoms with van der Waals surface area (Å²) in [5.41, 5.74) is 1.27. The molecular formula is C17H24O3. The van der Waals surface area contributed by atoms with Crippen LogP contribution in [-0.4, -0.2) is 16.7 Å². The third-order valence-corrected chi connectivity index (χ3v) is 2.71. The molecule has 1 rings (SSSR count). The highest BCUT2D eigenvalue weighted by Gasteiger charge is 2.16. The van der Waals surface area contributed by atoms with Gasteiger partial charge in [0.1, 0.15) is 11.4 Å². The lowest BCUT2D eigenvalue weighted by atomic mass is 9.86. The van der Waals surface area contributed by atoms with Crippen molar-refractivity contribution < 1.29 is 14.6 Å². The molecule has 0 aliphatic heterocycles. The van der Waals surface area contributed by atoms with Crippen molar-refractivity contribution >= 4 is 11.7 Å². The predicted molar refractivity (Wildman–Crippen MR) is 81.6 cm³/mol. The van der Waals surface area contributed by atoms with Crippen LogP contribution >= 0.6 is 0 Å². The molecular weight excluding hydrogens is 252 g/mol. The first-order valence-corrected chi connectivity index (χ1v) is 6.73. The molecule has 0 saturated carbocycles. The smallest absolute Gasteiger partial charge is 0.335 e. The van der Waals surface area contributed by atoms with Gasteiger partial charge in [-0.05, 0) is 31.7 Å².